The van der Waals surface area contributed by atoms with Crippen molar-refractivity contribution in [3.63, 3.8) is 0 Å². The van der Waals surface area contributed by atoms with E-state index in [1.807, 2.05) is 6.07 Å². The lowest BCUT2D eigenvalue weighted by molar-refractivity contribution is 0.110. The fraction of sp³-hybridized carbons (Fsp3) is 0.615. The number of hydrogen-bond donors (Lipinski definition) is 0. The van der Waals surface area contributed by atoms with Crippen LogP contribution in [-0.4, -0.2) is 19.4 Å². The second-order valence-corrected chi connectivity index (χ2v) is 4.55. The maximum Gasteiger partial charge on any atom is 0.196 e. The summed E-state index contributed by atoms with van der Waals surface area (Å²) in [4.78, 5) is 12.7. The molecule has 0 N–H and O–H groups in total. The fourth-order valence-electron chi connectivity index (χ4n) is 2.42. The molecular formula is C13H19NO2. The predicted octanol–water partition coefficient (Wildman–Crippen LogP) is 3.25. The van der Waals surface area contributed by atoms with Gasteiger partial charge in [0.05, 0.1) is 0 Å². The van der Waals surface area contributed by atoms with Crippen LogP contribution in [0.1, 0.15) is 49.1 Å². The molecule has 0 aliphatic heterocycles. The molecule has 0 saturated heterocycles. The highest BCUT2D eigenvalue weighted by atomic mass is 16.4. The second kappa shape index (κ2) is 5.19. The summed E-state index contributed by atoms with van der Waals surface area (Å²) in [7, 11) is 2.06. The minimum atomic E-state index is 0.412. The van der Waals surface area contributed by atoms with Gasteiger partial charge in [0.2, 0.25) is 0 Å². The topological polar surface area (TPSA) is 33.5 Å². The molecule has 16 heavy (non-hydrogen) atoms. The molecule has 1 aliphatic carbocycles. The zero-order valence-corrected chi connectivity index (χ0v) is 9.82. The number of nitrogens with zero attached hydrogens (tertiary/aromatic N) is 1. The van der Waals surface area contributed by atoms with Gasteiger partial charge >= 0.3 is 0 Å². The molecule has 0 unspecified atom stereocenters. The first-order chi connectivity index (χ1) is 7.81. The van der Waals surface area contributed by atoms with E-state index in [9.17, 15) is 4.79 Å². The first kappa shape index (κ1) is 11.2. The number of hydrogen-bond acceptors (Lipinski definition) is 3. The van der Waals surface area contributed by atoms with Gasteiger partial charge in [0.1, 0.15) is 0 Å². The zero-order valence-electron chi connectivity index (χ0n) is 9.82. The Morgan fingerprint density at radius 3 is 2.50 bits per heavy atom. The van der Waals surface area contributed by atoms with Gasteiger partial charge < -0.3 is 9.32 Å². The lowest BCUT2D eigenvalue weighted by atomic mass is 10.1. The smallest absolute Gasteiger partial charge is 0.196 e. The molecule has 0 atom stereocenters. The maximum absolute atomic E-state index is 10.6. The highest BCUT2D eigenvalue weighted by Gasteiger charge is 2.19. The monoisotopic (exact) mass is 221 g/mol. The lowest BCUT2D eigenvalue weighted by Crippen LogP contribution is -2.30. The average Bonchev–Trinajstić information content (AvgIpc) is 2.62. The van der Waals surface area contributed by atoms with E-state index in [1.54, 1.807) is 6.07 Å². The van der Waals surface area contributed by atoms with Gasteiger partial charge in [-0.05, 0) is 18.9 Å². The molecule has 1 aliphatic rings. The molecule has 0 amide bonds. The van der Waals surface area contributed by atoms with Crippen LogP contribution in [-0.2, 0) is 0 Å². The van der Waals surface area contributed by atoms with Crippen LogP contribution in [0.2, 0.25) is 0 Å². The molecule has 1 aromatic rings. The van der Waals surface area contributed by atoms with Crippen molar-refractivity contribution >= 4 is 12.2 Å². The Balaban J connectivity index is 2.04. The molecule has 3 heteroatoms. The Labute approximate surface area is 96.4 Å². The number of carbonyl (C=O) groups is 1. The Morgan fingerprint density at radius 1 is 1.25 bits per heavy atom. The Hall–Kier alpha value is -1.25. The third kappa shape index (κ3) is 2.46. The van der Waals surface area contributed by atoms with Crippen LogP contribution < -0.4 is 4.90 Å². The molecule has 2 rings (SSSR count). The van der Waals surface area contributed by atoms with E-state index in [-0.39, 0.29) is 0 Å². The van der Waals surface area contributed by atoms with Crippen LogP contribution in [0.4, 0.5) is 5.88 Å². The summed E-state index contributed by atoms with van der Waals surface area (Å²) in [5, 5.41) is 0. The number of aldehydes is 1. The lowest BCUT2D eigenvalue weighted by Gasteiger charge is -2.26. The predicted molar refractivity (Wildman–Crippen MR) is 64.0 cm³/mol. The van der Waals surface area contributed by atoms with Gasteiger partial charge in [0.25, 0.3) is 0 Å². The fourth-order valence-corrected chi connectivity index (χ4v) is 2.42. The molecule has 0 spiro atoms. The molecule has 0 bridgehead atoms. The first-order valence-corrected chi connectivity index (χ1v) is 6.09. The molecule has 1 fully saturated rings. The minimum absolute atomic E-state index is 0.412. The molecule has 3 nitrogen and oxygen atoms in total. The Kier molecular flexibility index (Phi) is 3.65. The van der Waals surface area contributed by atoms with Gasteiger partial charge in [0, 0.05) is 19.2 Å². The van der Waals surface area contributed by atoms with Crippen LogP contribution in [0.25, 0.3) is 0 Å². The minimum Gasteiger partial charge on any atom is -0.438 e. The molecule has 0 radical (unpaired) electrons. The quantitative estimate of drug-likeness (QED) is 0.580. The van der Waals surface area contributed by atoms with Crippen molar-refractivity contribution in [1.29, 1.82) is 0 Å². The summed E-state index contributed by atoms with van der Waals surface area (Å²) < 4.78 is 5.45. The molecule has 1 heterocycles. The van der Waals surface area contributed by atoms with Crippen LogP contribution in [0, 0.1) is 0 Å². The van der Waals surface area contributed by atoms with Gasteiger partial charge in [-0.3, -0.25) is 4.79 Å². The van der Waals surface area contributed by atoms with Crippen molar-refractivity contribution in [1.82, 2.24) is 0 Å². The van der Waals surface area contributed by atoms with Crippen molar-refractivity contribution in [2.24, 2.45) is 0 Å². The zero-order chi connectivity index (χ0) is 11.4. The van der Waals surface area contributed by atoms with Crippen molar-refractivity contribution in [3.05, 3.63) is 17.9 Å². The van der Waals surface area contributed by atoms with E-state index < -0.39 is 0 Å². The summed E-state index contributed by atoms with van der Waals surface area (Å²) >= 11 is 0. The number of rotatable bonds is 3. The van der Waals surface area contributed by atoms with E-state index in [0.29, 0.717) is 11.8 Å². The van der Waals surface area contributed by atoms with Gasteiger partial charge in [-0.15, -0.1) is 0 Å². The van der Waals surface area contributed by atoms with Crippen LogP contribution in [0.5, 0.6) is 0 Å². The summed E-state index contributed by atoms with van der Waals surface area (Å²) in [5.41, 5.74) is 0. The molecule has 0 aromatic carbocycles. The largest absolute Gasteiger partial charge is 0.438 e. The van der Waals surface area contributed by atoms with Gasteiger partial charge in [0.15, 0.2) is 17.9 Å². The van der Waals surface area contributed by atoms with Crippen molar-refractivity contribution in [3.8, 4) is 0 Å². The molecule has 1 aromatic heterocycles. The maximum atomic E-state index is 10.6. The average molecular weight is 221 g/mol. The van der Waals surface area contributed by atoms with Crippen LogP contribution in [0.3, 0.4) is 0 Å². The van der Waals surface area contributed by atoms with Crippen molar-refractivity contribution in [2.45, 2.75) is 44.6 Å². The molecular weight excluding hydrogens is 202 g/mol. The number of carbonyl (C=O) groups excluding carboxylic acids is 1. The van der Waals surface area contributed by atoms with Crippen molar-refractivity contribution < 1.29 is 9.21 Å². The highest BCUT2D eigenvalue weighted by molar-refractivity contribution is 5.71. The summed E-state index contributed by atoms with van der Waals surface area (Å²) in [6.45, 7) is 0. The van der Waals surface area contributed by atoms with Gasteiger partial charge in [-0.25, -0.2) is 0 Å². The number of furan rings is 1. The Morgan fingerprint density at radius 2 is 1.94 bits per heavy atom. The van der Waals surface area contributed by atoms with Crippen LogP contribution >= 0.6 is 0 Å². The van der Waals surface area contributed by atoms with E-state index in [4.69, 9.17) is 4.42 Å². The molecule has 1 saturated carbocycles. The van der Waals surface area contributed by atoms with Gasteiger partial charge in [-0.1, -0.05) is 25.7 Å². The summed E-state index contributed by atoms with van der Waals surface area (Å²) in [6.07, 6.45) is 8.52. The van der Waals surface area contributed by atoms with E-state index in [0.717, 1.165) is 12.2 Å². The summed E-state index contributed by atoms with van der Waals surface area (Å²) in [6, 6.07) is 4.18. The summed E-state index contributed by atoms with van der Waals surface area (Å²) in [5.74, 6) is 1.23. The number of anilines is 1. The third-order valence-electron chi connectivity index (χ3n) is 3.45. The standard InChI is InChI=1S/C13H19NO2/c1-14(11-6-4-2-3-5-7-11)13-9-8-12(10-15)16-13/h8-11H,2-7H2,1H3. The Bertz CT molecular complexity index is 337. The van der Waals surface area contributed by atoms with Crippen molar-refractivity contribution in [2.75, 3.05) is 11.9 Å². The molecule has 88 valence electrons. The normalized spacial score (nSPS) is 18.1. The first-order valence-electron chi connectivity index (χ1n) is 6.09. The third-order valence-corrected chi connectivity index (χ3v) is 3.45. The SMILES string of the molecule is CN(c1ccc(C=O)o1)C1CCCCCC1. The van der Waals surface area contributed by atoms with E-state index in [2.05, 4.69) is 11.9 Å². The second-order valence-electron chi connectivity index (χ2n) is 4.55. The van der Waals surface area contributed by atoms with E-state index in [1.165, 1.54) is 38.5 Å². The van der Waals surface area contributed by atoms with Gasteiger partial charge in [-0.2, -0.15) is 0 Å². The highest BCUT2D eigenvalue weighted by Crippen LogP contribution is 2.26. The van der Waals surface area contributed by atoms with Crippen LogP contribution in [0.15, 0.2) is 16.5 Å². The van der Waals surface area contributed by atoms with E-state index >= 15 is 0 Å².